The minimum atomic E-state index is -1.13. The molecule has 1 aliphatic carbocycles. The summed E-state index contributed by atoms with van der Waals surface area (Å²) in [5, 5.41) is 25.2. The van der Waals surface area contributed by atoms with Crippen molar-refractivity contribution in [3.63, 3.8) is 0 Å². The number of nitrogens with zero attached hydrogens (tertiary/aromatic N) is 1. The molecule has 0 aromatic heterocycles. The van der Waals surface area contributed by atoms with Crippen molar-refractivity contribution in [1.29, 1.82) is 0 Å². The Kier molecular flexibility index (Phi) is 26.0. The van der Waals surface area contributed by atoms with Gasteiger partial charge in [-0.25, -0.2) is 0 Å². The maximum Gasteiger partial charge on any atom is 0.243 e. The molecule has 24 nitrogen and oxygen atoms in total. The molecule has 11 fully saturated rings. The van der Waals surface area contributed by atoms with Crippen molar-refractivity contribution in [3.05, 3.63) is 60.2 Å². The van der Waals surface area contributed by atoms with E-state index in [-0.39, 0.29) is 115 Å². The molecule has 4 unspecified atom stereocenters. The van der Waals surface area contributed by atoms with Crippen LogP contribution in [-0.4, -0.2) is 252 Å². The minimum absolute atomic E-state index is 0.0239. The second-order valence-electron chi connectivity index (χ2n) is 27.8. The number of hydrogen-bond donors (Lipinski definition) is 6. The second-order valence-corrected chi connectivity index (χ2v) is 29.8. The molecule has 10 aliphatic heterocycles. The number of aliphatic hydroxyl groups is 1. The number of amides is 5. The SMILES string of the molecule is C=C1C[C@@H]2CC[C@]34CC5OC6(O3)C3C(O[C@H]7CC[C@H](CC(=S)C[C@@H]8[C@@H](OC)[C@@H](C[C@H](O)CNC(=O)CNC(=O)[C@H](Cc9ccccc9)NC(=O)CNC(=O)CNC(=O)CN(CCOCCOCC)CCOCCOCC)O[C@H]8C[C@H]8O[C@@H](CC[C@@H]1O2)C[C@@H](C)C8=C)S[C@@H]7[C@@H]3O4)[C@H]56. The van der Waals surface area contributed by atoms with Crippen molar-refractivity contribution in [3.8, 4) is 0 Å². The van der Waals surface area contributed by atoms with E-state index in [0.29, 0.717) is 85.2 Å². The number of aliphatic hydroxyl groups excluding tert-OH is 1. The third-order valence-electron chi connectivity index (χ3n) is 21.2. The van der Waals surface area contributed by atoms with Gasteiger partial charge in [-0.1, -0.05) is 62.6 Å². The summed E-state index contributed by atoms with van der Waals surface area (Å²) < 4.78 is 77.0. The Labute approximate surface area is 574 Å². The molecule has 21 atom stereocenters. The summed E-state index contributed by atoms with van der Waals surface area (Å²) in [6, 6.07) is 7.91. The van der Waals surface area contributed by atoms with Gasteiger partial charge in [0.25, 0.3) is 0 Å². The van der Waals surface area contributed by atoms with Crippen molar-refractivity contribution in [1.82, 2.24) is 31.5 Å². The quantitative estimate of drug-likeness (QED) is 0.0350. The van der Waals surface area contributed by atoms with Gasteiger partial charge in [0, 0.05) is 83.2 Å². The molecule has 1 aromatic rings. The highest BCUT2D eigenvalue weighted by atomic mass is 32.2. The number of nitrogens with one attached hydrogen (secondary N) is 5. The number of rotatable bonds is 31. The third-order valence-corrected chi connectivity index (χ3v) is 23.2. The van der Waals surface area contributed by atoms with E-state index in [9.17, 15) is 29.1 Å². The van der Waals surface area contributed by atoms with Gasteiger partial charge in [-0.05, 0) is 99.1 Å². The first-order chi connectivity index (χ1) is 46.4. The summed E-state index contributed by atoms with van der Waals surface area (Å²) in [6.07, 6.45) is 6.85. The van der Waals surface area contributed by atoms with Crippen LogP contribution in [0.2, 0.25) is 0 Å². The van der Waals surface area contributed by atoms with Crippen LogP contribution in [0.3, 0.4) is 0 Å². The molecule has 0 radical (unpaired) electrons. The first kappa shape index (κ1) is 73.2. The summed E-state index contributed by atoms with van der Waals surface area (Å²) in [5.74, 6) is -3.95. The van der Waals surface area contributed by atoms with Crippen LogP contribution >= 0.6 is 24.0 Å². The molecule has 10 heterocycles. The predicted molar refractivity (Wildman–Crippen MR) is 359 cm³/mol. The highest BCUT2D eigenvalue weighted by Crippen LogP contribution is 2.73. The lowest BCUT2D eigenvalue weighted by atomic mass is 9.51. The standard InChI is InChI=1S/C70H104N6O18S2/c1-7-84-24-26-86-22-20-76(21-23-87-27-25-85-8-2)40-61(81)73-37-58(78)72-39-60(80)75-51(30-44-12-10-9-11-13-44)68(82)74-38-59(79)71-36-45(77)31-56-64(83-6)50-33-48(95)32-49-15-17-53-67(96-49)66-63-65(91-53)62-57-35-69(93-66,94-70(62,63)92-57)19-18-47-29-42(4)52(88-47)16-14-46-28-41(3)43(5)54(89-46)34-55(50)90-56/h9-13,41,45-47,49-57,62-67,77H,4-5,7-8,14-40H2,1-3,6H3,(H,71,79)(H,72,78)(H,73,81)(H,74,82)(H,75,80)/t41-,45+,46+,47+,49-,50+,51+,52+,53+,54-,55+,56-,57?,62+,63?,64-,65?,66-,67+,69-,70?/m1/s1. The Balaban J connectivity index is 0.671. The zero-order valence-electron chi connectivity index (χ0n) is 56.4. The summed E-state index contributed by atoms with van der Waals surface area (Å²) >= 11 is 8.36. The van der Waals surface area contributed by atoms with Crippen LogP contribution in [0, 0.1) is 23.7 Å². The van der Waals surface area contributed by atoms with E-state index in [1.807, 2.05) is 36.6 Å². The predicted octanol–water partition coefficient (Wildman–Crippen LogP) is 3.80. The highest BCUT2D eigenvalue weighted by Gasteiger charge is 2.86. The fraction of sp³-hybridized carbons (Fsp3) is 0.771. The Morgan fingerprint density at radius 2 is 1.44 bits per heavy atom. The van der Waals surface area contributed by atoms with E-state index in [1.165, 1.54) is 0 Å². The van der Waals surface area contributed by atoms with Crippen LogP contribution in [0.15, 0.2) is 54.6 Å². The Morgan fingerprint density at radius 1 is 0.729 bits per heavy atom. The van der Waals surface area contributed by atoms with Crippen molar-refractivity contribution in [2.24, 2.45) is 23.7 Å². The van der Waals surface area contributed by atoms with E-state index in [4.69, 9.17) is 69.1 Å². The van der Waals surface area contributed by atoms with E-state index >= 15 is 0 Å². The van der Waals surface area contributed by atoms with Gasteiger partial charge in [-0.2, -0.15) is 0 Å². The molecule has 26 heteroatoms. The average Bonchev–Trinajstić information content (AvgIpc) is 0.658. The minimum Gasteiger partial charge on any atom is -0.391 e. The van der Waals surface area contributed by atoms with Gasteiger partial charge in [-0.3, -0.25) is 28.9 Å². The number of hydrogen-bond acceptors (Lipinski definition) is 21. The van der Waals surface area contributed by atoms with E-state index in [1.54, 1.807) is 31.4 Å². The molecular weight excluding hydrogens is 1280 g/mol. The van der Waals surface area contributed by atoms with Crippen LogP contribution in [0.5, 0.6) is 0 Å². The summed E-state index contributed by atoms with van der Waals surface area (Å²) in [7, 11) is 1.67. The van der Waals surface area contributed by atoms with Gasteiger partial charge in [-0.15, -0.1) is 11.8 Å². The number of carbonyl (C=O) groups excluding carboxylic acids is 5. The van der Waals surface area contributed by atoms with E-state index in [2.05, 4.69) is 46.7 Å². The van der Waals surface area contributed by atoms with Crippen LogP contribution in [0.25, 0.3) is 0 Å². The number of benzene rings is 1. The summed E-state index contributed by atoms with van der Waals surface area (Å²) in [5.41, 5.74) is 2.89. The van der Waals surface area contributed by atoms with Gasteiger partial charge in [0.2, 0.25) is 29.5 Å². The number of thiocarbonyl (C=S) groups is 1. The van der Waals surface area contributed by atoms with Gasteiger partial charge in [0.1, 0.15) is 6.04 Å². The van der Waals surface area contributed by atoms with Gasteiger partial charge < -0.3 is 88.5 Å². The lowest BCUT2D eigenvalue weighted by Gasteiger charge is -2.80. The van der Waals surface area contributed by atoms with Crippen molar-refractivity contribution < 1.29 is 85.9 Å². The molecule has 534 valence electrons. The Hall–Kier alpha value is -4.07. The second kappa shape index (κ2) is 34.1. The molecular formula is C70H104N6O18S2. The van der Waals surface area contributed by atoms with Crippen LogP contribution in [-0.2, 0) is 87.2 Å². The summed E-state index contributed by atoms with van der Waals surface area (Å²) in [6.45, 7) is 18.1. The topological polar surface area (TPSA) is 280 Å². The molecule has 96 heavy (non-hydrogen) atoms. The molecule has 12 rings (SSSR count). The first-order valence-electron chi connectivity index (χ1n) is 35.3. The molecule has 1 saturated carbocycles. The number of carbonyl (C=O) groups is 5. The largest absolute Gasteiger partial charge is 0.391 e. The Morgan fingerprint density at radius 3 is 2.19 bits per heavy atom. The Bertz CT molecular complexity index is 2830. The van der Waals surface area contributed by atoms with Gasteiger partial charge in [0.05, 0.1) is 156 Å². The molecule has 10 bridgehead atoms. The number of methoxy groups -OCH3 is 1. The smallest absolute Gasteiger partial charge is 0.243 e. The molecule has 6 N–H and O–H groups in total. The summed E-state index contributed by atoms with van der Waals surface area (Å²) in [4.78, 5) is 69.2. The fourth-order valence-corrected chi connectivity index (χ4v) is 18.6. The van der Waals surface area contributed by atoms with Crippen LogP contribution in [0.1, 0.15) is 110 Å². The molecule has 5 amide bonds. The number of fused-ring (bicyclic) bond motifs is 6. The normalized spacial score (nSPS) is 35.7. The van der Waals surface area contributed by atoms with Crippen molar-refractivity contribution in [2.75, 3.05) is 106 Å². The molecule has 2 spiro atoms. The van der Waals surface area contributed by atoms with E-state index < -0.39 is 85.1 Å². The monoisotopic (exact) mass is 1380 g/mol. The van der Waals surface area contributed by atoms with Crippen molar-refractivity contribution >= 4 is 58.4 Å². The fourth-order valence-electron chi connectivity index (χ4n) is 16.4. The van der Waals surface area contributed by atoms with E-state index in [0.717, 1.165) is 79.4 Å². The average molecular weight is 1380 g/mol. The maximum absolute atomic E-state index is 13.8. The lowest BCUT2D eigenvalue weighted by Crippen LogP contribution is -2.93. The first-order valence-corrected chi connectivity index (χ1v) is 36.7. The molecule has 11 aliphatic rings. The van der Waals surface area contributed by atoms with Crippen LogP contribution in [0.4, 0.5) is 0 Å². The third kappa shape index (κ3) is 18.0. The lowest BCUT2D eigenvalue weighted by molar-refractivity contribution is -0.613. The van der Waals surface area contributed by atoms with Gasteiger partial charge >= 0.3 is 0 Å². The van der Waals surface area contributed by atoms with Gasteiger partial charge in [0.15, 0.2) is 11.6 Å². The zero-order chi connectivity index (χ0) is 67.5. The zero-order valence-corrected chi connectivity index (χ0v) is 58.1. The molecule has 10 saturated heterocycles. The molecule has 1 aromatic carbocycles. The van der Waals surface area contributed by atoms with Crippen LogP contribution < -0.4 is 26.6 Å². The van der Waals surface area contributed by atoms with Crippen molar-refractivity contribution in [2.45, 2.75) is 212 Å². The number of ether oxygens (including phenoxy) is 12. The number of thioether (sulfide) groups is 1. The highest BCUT2D eigenvalue weighted by molar-refractivity contribution is 8.00. The maximum atomic E-state index is 13.8.